The van der Waals surface area contributed by atoms with Gasteiger partial charge in [0.05, 0.1) is 17.4 Å². The van der Waals surface area contributed by atoms with Crippen LogP contribution < -0.4 is 10.1 Å². The molecule has 1 aromatic carbocycles. The number of rotatable bonds is 3. The number of benzene rings is 1. The zero-order valence-corrected chi connectivity index (χ0v) is 13.1. The highest BCUT2D eigenvalue weighted by molar-refractivity contribution is 8.13. The molecule has 0 spiro atoms. The second-order valence-electron chi connectivity index (χ2n) is 5.88. The van der Waals surface area contributed by atoms with Gasteiger partial charge in [0.25, 0.3) is 9.05 Å². The quantitative estimate of drug-likeness (QED) is 0.862. The summed E-state index contributed by atoms with van der Waals surface area (Å²) in [6.07, 6.45) is 2.48. The van der Waals surface area contributed by atoms with E-state index in [0.29, 0.717) is 24.3 Å². The third-order valence-corrected chi connectivity index (χ3v) is 5.40. The zero-order valence-electron chi connectivity index (χ0n) is 11.6. The molecular weight excluding hydrogens is 314 g/mol. The van der Waals surface area contributed by atoms with Crippen LogP contribution in [0.25, 0.3) is 0 Å². The normalized spacial score (nSPS) is 22.9. The number of hydrogen-bond donors (Lipinski definition) is 1. The maximum Gasteiger partial charge on any atom is 0.261 e. The van der Waals surface area contributed by atoms with Gasteiger partial charge < -0.3 is 10.1 Å². The first-order valence-electron chi connectivity index (χ1n) is 6.82. The fourth-order valence-electron chi connectivity index (χ4n) is 2.49. The Morgan fingerprint density at radius 1 is 1.43 bits per heavy atom. The highest BCUT2D eigenvalue weighted by Gasteiger charge is 2.41. The minimum absolute atomic E-state index is 0.0103. The SMILES string of the molecule is CC1(NC(=O)C2CCOc3ccc(S(=O)(=O)Cl)cc32)CC1. The van der Waals surface area contributed by atoms with Gasteiger partial charge in [-0.3, -0.25) is 4.79 Å². The van der Waals surface area contributed by atoms with Crippen molar-refractivity contribution in [2.45, 2.75) is 42.5 Å². The van der Waals surface area contributed by atoms with Crippen molar-refractivity contribution in [2.24, 2.45) is 0 Å². The average molecular weight is 330 g/mol. The molecule has 1 aliphatic carbocycles. The summed E-state index contributed by atoms with van der Waals surface area (Å²) in [4.78, 5) is 12.4. The van der Waals surface area contributed by atoms with Gasteiger partial charge in [0.15, 0.2) is 0 Å². The summed E-state index contributed by atoms with van der Waals surface area (Å²) >= 11 is 0. The third-order valence-electron chi connectivity index (χ3n) is 4.04. The van der Waals surface area contributed by atoms with Crippen LogP contribution in [0.3, 0.4) is 0 Å². The topological polar surface area (TPSA) is 72.5 Å². The summed E-state index contributed by atoms with van der Waals surface area (Å²) in [6.45, 7) is 2.44. The lowest BCUT2D eigenvalue weighted by Crippen LogP contribution is -2.39. The first kappa shape index (κ1) is 14.7. The molecule has 0 bridgehead atoms. The van der Waals surface area contributed by atoms with Gasteiger partial charge in [0.1, 0.15) is 5.75 Å². The van der Waals surface area contributed by atoms with Crippen molar-refractivity contribution in [2.75, 3.05) is 6.61 Å². The molecule has 0 aromatic heterocycles. The molecule has 0 radical (unpaired) electrons. The minimum atomic E-state index is -3.82. The number of nitrogens with one attached hydrogen (secondary N) is 1. The molecule has 1 fully saturated rings. The van der Waals surface area contributed by atoms with Crippen molar-refractivity contribution < 1.29 is 17.9 Å². The van der Waals surface area contributed by atoms with E-state index in [2.05, 4.69) is 5.32 Å². The predicted octanol–water partition coefficient (Wildman–Crippen LogP) is 2.15. The molecule has 114 valence electrons. The van der Waals surface area contributed by atoms with Gasteiger partial charge in [-0.25, -0.2) is 8.42 Å². The van der Waals surface area contributed by atoms with Crippen molar-refractivity contribution in [3.63, 3.8) is 0 Å². The maximum atomic E-state index is 12.4. The number of carbonyl (C=O) groups excluding carboxylic acids is 1. The Bertz CT molecular complexity index is 697. The Kier molecular flexibility index (Phi) is 3.41. The molecule has 3 rings (SSSR count). The van der Waals surface area contributed by atoms with Crippen LogP contribution in [-0.2, 0) is 13.8 Å². The molecule has 2 aliphatic rings. The van der Waals surface area contributed by atoms with E-state index in [9.17, 15) is 13.2 Å². The number of carbonyl (C=O) groups is 1. The van der Waals surface area contributed by atoms with E-state index in [1.54, 1.807) is 6.07 Å². The van der Waals surface area contributed by atoms with Crippen LogP contribution in [-0.4, -0.2) is 26.5 Å². The standard InChI is InChI=1S/C14H16ClNO4S/c1-14(5-6-14)16-13(17)10-4-7-20-12-3-2-9(8-11(10)12)21(15,18)19/h2-3,8,10H,4-7H2,1H3,(H,16,17). The van der Waals surface area contributed by atoms with E-state index in [1.807, 2.05) is 6.92 Å². The third kappa shape index (κ3) is 3.01. The molecule has 0 saturated heterocycles. The Balaban J connectivity index is 1.94. The number of halogens is 1. The molecule has 1 aromatic rings. The lowest BCUT2D eigenvalue weighted by molar-refractivity contribution is -0.124. The lowest BCUT2D eigenvalue weighted by atomic mass is 9.92. The van der Waals surface area contributed by atoms with Gasteiger partial charge in [-0.2, -0.15) is 0 Å². The Morgan fingerprint density at radius 2 is 2.14 bits per heavy atom. The van der Waals surface area contributed by atoms with Gasteiger partial charge in [0.2, 0.25) is 5.91 Å². The number of amides is 1. The highest BCUT2D eigenvalue weighted by Crippen LogP contribution is 2.39. The van der Waals surface area contributed by atoms with Gasteiger partial charge in [-0.1, -0.05) is 0 Å². The van der Waals surface area contributed by atoms with Crippen LogP contribution in [0.1, 0.15) is 37.7 Å². The van der Waals surface area contributed by atoms with E-state index < -0.39 is 15.0 Å². The van der Waals surface area contributed by atoms with Crippen molar-refractivity contribution >= 4 is 25.6 Å². The van der Waals surface area contributed by atoms with Crippen molar-refractivity contribution in [1.29, 1.82) is 0 Å². The summed E-state index contributed by atoms with van der Waals surface area (Å²) in [5.41, 5.74) is 0.482. The monoisotopic (exact) mass is 329 g/mol. The van der Waals surface area contributed by atoms with Gasteiger partial charge >= 0.3 is 0 Å². The molecular formula is C14H16ClNO4S. The average Bonchev–Trinajstić information content (AvgIpc) is 3.13. The van der Waals surface area contributed by atoms with Crippen molar-refractivity contribution in [3.05, 3.63) is 23.8 Å². The molecule has 1 unspecified atom stereocenters. The zero-order chi connectivity index (χ0) is 15.3. The van der Waals surface area contributed by atoms with Crippen LogP contribution in [0.5, 0.6) is 5.75 Å². The summed E-state index contributed by atoms with van der Waals surface area (Å²) in [6, 6.07) is 4.39. The molecule has 21 heavy (non-hydrogen) atoms. The Hall–Kier alpha value is -1.27. The summed E-state index contributed by atoms with van der Waals surface area (Å²) < 4.78 is 28.4. The maximum absolute atomic E-state index is 12.4. The molecule has 1 N–H and O–H groups in total. The van der Waals surface area contributed by atoms with E-state index >= 15 is 0 Å². The van der Waals surface area contributed by atoms with Crippen molar-refractivity contribution in [3.8, 4) is 5.75 Å². The first-order chi connectivity index (χ1) is 9.78. The van der Waals surface area contributed by atoms with Crippen LogP contribution in [0.2, 0.25) is 0 Å². The van der Waals surface area contributed by atoms with Gasteiger partial charge in [-0.15, -0.1) is 0 Å². The first-order valence-corrected chi connectivity index (χ1v) is 9.13. The lowest BCUT2D eigenvalue weighted by Gasteiger charge is -2.26. The van der Waals surface area contributed by atoms with Gasteiger partial charge in [0, 0.05) is 21.8 Å². The Labute approximate surface area is 128 Å². The molecule has 1 amide bonds. The predicted molar refractivity (Wildman–Crippen MR) is 78.1 cm³/mol. The molecule has 1 saturated carbocycles. The molecule has 1 heterocycles. The van der Waals surface area contributed by atoms with E-state index in [1.165, 1.54) is 12.1 Å². The molecule has 5 nitrogen and oxygen atoms in total. The van der Waals surface area contributed by atoms with Crippen molar-refractivity contribution in [1.82, 2.24) is 5.32 Å². The molecule has 1 aliphatic heterocycles. The number of fused-ring (bicyclic) bond motifs is 1. The van der Waals surface area contributed by atoms with E-state index in [-0.39, 0.29) is 16.3 Å². The number of ether oxygens (including phenoxy) is 1. The van der Waals surface area contributed by atoms with Gasteiger partial charge in [-0.05, 0) is 44.4 Å². The van der Waals surface area contributed by atoms with Crippen LogP contribution in [0.15, 0.2) is 23.1 Å². The molecule has 1 atom stereocenters. The smallest absolute Gasteiger partial charge is 0.261 e. The highest BCUT2D eigenvalue weighted by atomic mass is 35.7. The minimum Gasteiger partial charge on any atom is -0.493 e. The largest absolute Gasteiger partial charge is 0.493 e. The fraction of sp³-hybridized carbons (Fsp3) is 0.500. The van der Waals surface area contributed by atoms with E-state index in [0.717, 1.165) is 12.8 Å². The van der Waals surface area contributed by atoms with Crippen LogP contribution in [0.4, 0.5) is 0 Å². The second kappa shape index (κ2) is 4.88. The number of hydrogen-bond acceptors (Lipinski definition) is 4. The van der Waals surface area contributed by atoms with Crippen LogP contribution in [0, 0.1) is 0 Å². The summed E-state index contributed by atoms with van der Waals surface area (Å²) in [5.74, 6) is 0.0691. The Morgan fingerprint density at radius 3 is 2.76 bits per heavy atom. The molecule has 7 heteroatoms. The van der Waals surface area contributed by atoms with E-state index in [4.69, 9.17) is 15.4 Å². The van der Waals surface area contributed by atoms with Crippen LogP contribution >= 0.6 is 10.7 Å². The summed E-state index contributed by atoms with van der Waals surface area (Å²) in [5, 5.41) is 3.02. The second-order valence-corrected chi connectivity index (χ2v) is 8.44. The fourth-order valence-corrected chi connectivity index (χ4v) is 3.28. The summed E-state index contributed by atoms with van der Waals surface area (Å²) in [7, 11) is 1.55.